The van der Waals surface area contributed by atoms with Crippen LogP contribution < -0.4 is 5.32 Å². The largest absolute Gasteiger partial charge is 0.447 e. The molecule has 0 radical (unpaired) electrons. The Morgan fingerprint density at radius 2 is 1.90 bits per heavy atom. The number of carbonyl (C=O) groups is 2. The number of rotatable bonds is 6. The number of fused-ring (bicyclic) bond motifs is 1. The summed E-state index contributed by atoms with van der Waals surface area (Å²) in [5.41, 5.74) is 0. The van der Waals surface area contributed by atoms with Crippen molar-refractivity contribution in [2.45, 2.75) is 45.6 Å². The molecule has 5 nitrogen and oxygen atoms in total. The molecule has 3 atom stereocenters. The molecule has 120 valence electrons. The smallest absolute Gasteiger partial charge is 0.409 e. The second-order valence-corrected chi connectivity index (χ2v) is 6.58. The molecule has 1 heterocycles. The number of nitrogens with one attached hydrogen (secondary N) is 1. The summed E-state index contributed by atoms with van der Waals surface area (Å²) in [6.07, 6.45) is 4.83. The van der Waals surface area contributed by atoms with Crippen LogP contribution in [0.5, 0.6) is 0 Å². The molecule has 2 fully saturated rings. The molecule has 0 bridgehead atoms. The molecule has 1 amide bonds. The lowest BCUT2D eigenvalue weighted by atomic mass is 10.0. The van der Waals surface area contributed by atoms with E-state index in [2.05, 4.69) is 12.2 Å². The van der Waals surface area contributed by atoms with Gasteiger partial charge < -0.3 is 15.0 Å². The lowest BCUT2D eigenvalue weighted by molar-refractivity contribution is -0.119. The molecule has 1 aliphatic carbocycles. The Morgan fingerprint density at radius 1 is 1.29 bits per heavy atom. The van der Waals surface area contributed by atoms with E-state index in [1.165, 1.54) is 32.6 Å². The maximum Gasteiger partial charge on any atom is 0.409 e. The number of ether oxygens (including phenoxy) is 1. The molecule has 0 spiro atoms. The van der Waals surface area contributed by atoms with Crippen molar-refractivity contribution in [1.29, 1.82) is 0 Å². The highest BCUT2D eigenvalue weighted by atomic mass is 16.6. The van der Waals surface area contributed by atoms with Gasteiger partial charge in [0.2, 0.25) is 0 Å². The van der Waals surface area contributed by atoms with E-state index in [0.29, 0.717) is 11.8 Å². The molecule has 0 aromatic heterocycles. The molecule has 0 aromatic carbocycles. The zero-order valence-corrected chi connectivity index (χ0v) is 13.4. The van der Waals surface area contributed by atoms with Crippen LogP contribution in [0.3, 0.4) is 0 Å². The first-order valence-corrected chi connectivity index (χ1v) is 8.14. The highest BCUT2D eigenvalue weighted by molar-refractivity contribution is 5.81. The molecule has 5 heteroatoms. The predicted molar refractivity (Wildman–Crippen MR) is 81.1 cm³/mol. The van der Waals surface area contributed by atoms with E-state index in [-0.39, 0.29) is 18.5 Å². The first kappa shape index (κ1) is 16.3. The second kappa shape index (κ2) is 7.25. The highest BCUT2D eigenvalue weighted by Crippen LogP contribution is 2.43. The van der Waals surface area contributed by atoms with Gasteiger partial charge in [-0.15, -0.1) is 0 Å². The summed E-state index contributed by atoms with van der Waals surface area (Å²) in [4.78, 5) is 25.2. The van der Waals surface area contributed by atoms with Crippen molar-refractivity contribution in [2.75, 3.05) is 26.7 Å². The Balaban J connectivity index is 1.75. The molecule has 3 unspecified atom stereocenters. The zero-order valence-electron chi connectivity index (χ0n) is 13.4. The third-order valence-electron chi connectivity index (χ3n) is 5.02. The van der Waals surface area contributed by atoms with Gasteiger partial charge in [0, 0.05) is 13.1 Å². The van der Waals surface area contributed by atoms with Crippen LogP contribution in [0.25, 0.3) is 0 Å². The molecule has 1 N–H and O–H groups in total. The fourth-order valence-electron chi connectivity index (χ4n) is 3.87. The van der Waals surface area contributed by atoms with Crippen LogP contribution in [-0.4, -0.2) is 49.6 Å². The third kappa shape index (κ3) is 3.96. The van der Waals surface area contributed by atoms with Crippen molar-refractivity contribution < 1.29 is 14.3 Å². The molecule has 2 aliphatic rings. The number of likely N-dealkylation sites (N-methyl/N-ethyl adjacent to an activating group) is 1. The maximum atomic E-state index is 12.1. The number of hydrogen-bond donors (Lipinski definition) is 1. The lowest BCUT2D eigenvalue weighted by Gasteiger charge is -2.20. The Morgan fingerprint density at radius 3 is 2.38 bits per heavy atom. The SMILES string of the molecule is CCCC1CC2CN(C(=O)OCC(NC)C(C)=O)CC2C1. The zero-order chi connectivity index (χ0) is 15.4. The van der Waals surface area contributed by atoms with Gasteiger partial charge in [-0.05, 0) is 44.6 Å². The van der Waals surface area contributed by atoms with Crippen molar-refractivity contribution in [2.24, 2.45) is 17.8 Å². The Labute approximate surface area is 127 Å². The fraction of sp³-hybridized carbons (Fsp3) is 0.875. The number of carbonyl (C=O) groups excluding carboxylic acids is 2. The molecule has 1 saturated carbocycles. The van der Waals surface area contributed by atoms with E-state index < -0.39 is 6.04 Å². The Hall–Kier alpha value is -1.10. The lowest BCUT2D eigenvalue weighted by Crippen LogP contribution is -2.40. The quantitative estimate of drug-likeness (QED) is 0.815. The van der Waals surface area contributed by atoms with Gasteiger partial charge in [-0.3, -0.25) is 4.79 Å². The van der Waals surface area contributed by atoms with E-state index in [1.807, 2.05) is 4.90 Å². The van der Waals surface area contributed by atoms with Crippen molar-refractivity contribution in [3.8, 4) is 0 Å². The average Bonchev–Trinajstić information content (AvgIpc) is 2.97. The van der Waals surface area contributed by atoms with Crippen LogP contribution in [-0.2, 0) is 9.53 Å². The number of nitrogens with zero attached hydrogens (tertiary/aromatic N) is 1. The average molecular weight is 296 g/mol. The van der Waals surface area contributed by atoms with Crippen LogP contribution in [0.4, 0.5) is 4.79 Å². The first-order valence-electron chi connectivity index (χ1n) is 8.14. The molecule has 1 aliphatic heterocycles. The van der Waals surface area contributed by atoms with Gasteiger partial charge in [0.15, 0.2) is 0 Å². The Kier molecular flexibility index (Phi) is 5.62. The standard InChI is InChI=1S/C16H28N2O3/c1-4-5-12-6-13-8-18(9-14(13)7-12)16(20)21-10-15(17-3)11(2)19/h12-15,17H,4-10H2,1-3H3. The van der Waals surface area contributed by atoms with Crippen molar-refractivity contribution in [1.82, 2.24) is 10.2 Å². The summed E-state index contributed by atoms with van der Waals surface area (Å²) in [7, 11) is 1.70. The molecular weight excluding hydrogens is 268 g/mol. The highest BCUT2D eigenvalue weighted by Gasteiger charge is 2.42. The summed E-state index contributed by atoms with van der Waals surface area (Å²) in [6.45, 7) is 5.52. The summed E-state index contributed by atoms with van der Waals surface area (Å²) in [5, 5.41) is 2.86. The van der Waals surface area contributed by atoms with Gasteiger partial charge in [-0.2, -0.15) is 0 Å². The minimum Gasteiger partial charge on any atom is -0.447 e. The third-order valence-corrected chi connectivity index (χ3v) is 5.02. The normalized spacial score (nSPS) is 29.3. The Bertz CT molecular complexity index is 372. The number of amides is 1. The van der Waals surface area contributed by atoms with Gasteiger partial charge in [-0.25, -0.2) is 4.79 Å². The summed E-state index contributed by atoms with van der Waals surface area (Å²) >= 11 is 0. The molecule has 0 aromatic rings. The summed E-state index contributed by atoms with van der Waals surface area (Å²) in [5.74, 6) is 2.16. The van der Waals surface area contributed by atoms with Crippen molar-refractivity contribution >= 4 is 11.9 Å². The van der Waals surface area contributed by atoms with Crippen molar-refractivity contribution in [3.63, 3.8) is 0 Å². The van der Waals surface area contributed by atoms with Gasteiger partial charge in [0.25, 0.3) is 0 Å². The van der Waals surface area contributed by atoms with Gasteiger partial charge in [0.1, 0.15) is 18.4 Å². The first-order chi connectivity index (χ1) is 10.0. The van der Waals surface area contributed by atoms with E-state index in [0.717, 1.165) is 19.0 Å². The van der Waals surface area contributed by atoms with Crippen LogP contribution in [0.1, 0.15) is 39.5 Å². The predicted octanol–water partition coefficient (Wildman–Crippen LogP) is 2.06. The van der Waals surface area contributed by atoms with E-state index >= 15 is 0 Å². The van der Waals surface area contributed by atoms with Crippen LogP contribution in [0.15, 0.2) is 0 Å². The fourth-order valence-corrected chi connectivity index (χ4v) is 3.87. The van der Waals surface area contributed by atoms with Crippen LogP contribution >= 0.6 is 0 Å². The number of Topliss-reactive ketones (excluding diaryl/α,β-unsaturated/α-hetero) is 1. The van der Waals surface area contributed by atoms with Gasteiger partial charge in [0.05, 0.1) is 0 Å². The van der Waals surface area contributed by atoms with E-state index in [1.54, 1.807) is 7.05 Å². The van der Waals surface area contributed by atoms with Crippen LogP contribution in [0, 0.1) is 17.8 Å². The minimum atomic E-state index is -0.398. The van der Waals surface area contributed by atoms with Crippen molar-refractivity contribution in [3.05, 3.63) is 0 Å². The monoisotopic (exact) mass is 296 g/mol. The minimum absolute atomic E-state index is 0.00833. The molecule has 1 saturated heterocycles. The van der Waals surface area contributed by atoms with E-state index in [4.69, 9.17) is 4.74 Å². The maximum absolute atomic E-state index is 12.1. The number of ketones is 1. The van der Waals surface area contributed by atoms with Gasteiger partial charge in [-0.1, -0.05) is 19.8 Å². The van der Waals surface area contributed by atoms with Gasteiger partial charge >= 0.3 is 6.09 Å². The molecule has 2 rings (SSSR count). The van der Waals surface area contributed by atoms with Crippen LogP contribution in [0.2, 0.25) is 0 Å². The second-order valence-electron chi connectivity index (χ2n) is 6.58. The number of likely N-dealkylation sites (tertiary alicyclic amines) is 1. The summed E-state index contributed by atoms with van der Waals surface area (Å²) in [6, 6.07) is -0.398. The molecule has 21 heavy (non-hydrogen) atoms. The summed E-state index contributed by atoms with van der Waals surface area (Å²) < 4.78 is 5.28. The molecular formula is C16H28N2O3. The number of hydrogen-bond acceptors (Lipinski definition) is 4. The van der Waals surface area contributed by atoms with E-state index in [9.17, 15) is 9.59 Å². The topological polar surface area (TPSA) is 58.6 Å².